The van der Waals surface area contributed by atoms with E-state index >= 15 is 0 Å². The number of H-pyrrole nitrogens is 1. The molecule has 1 aromatic heterocycles. The maximum absolute atomic E-state index is 13.4. The Kier molecular flexibility index (Phi) is 6.29. The molecular formula is C16H12FNNaO6P. The minimum absolute atomic E-state index is 0. The summed E-state index contributed by atoms with van der Waals surface area (Å²) in [6, 6.07) is 9.66. The van der Waals surface area contributed by atoms with Crippen molar-refractivity contribution in [2.24, 2.45) is 0 Å². The van der Waals surface area contributed by atoms with Crippen LogP contribution < -0.4 is 49.1 Å². The van der Waals surface area contributed by atoms with E-state index in [-0.39, 0.29) is 46.2 Å². The Morgan fingerprint density at radius 1 is 1.23 bits per heavy atom. The van der Waals surface area contributed by atoms with Crippen LogP contribution in [0, 0.1) is 5.82 Å². The molecule has 0 amide bonds. The second-order valence-corrected chi connectivity index (χ2v) is 6.26. The van der Waals surface area contributed by atoms with E-state index in [1.54, 1.807) is 6.07 Å². The summed E-state index contributed by atoms with van der Waals surface area (Å²) in [6.45, 7) is 0. The number of hydrogen-bond acceptors (Lipinski definition) is 5. The number of methoxy groups -OCH3 is 1. The van der Waals surface area contributed by atoms with Crippen LogP contribution in [0.3, 0.4) is 0 Å². The van der Waals surface area contributed by atoms with E-state index < -0.39 is 24.8 Å². The van der Waals surface area contributed by atoms with Gasteiger partial charge in [0, 0.05) is 17.3 Å². The van der Waals surface area contributed by atoms with Crippen molar-refractivity contribution in [3.05, 3.63) is 58.5 Å². The molecule has 2 N–H and O–H groups in total. The summed E-state index contributed by atoms with van der Waals surface area (Å²) in [5.41, 5.74) is 0.419. The molecule has 2 aromatic carbocycles. The molecule has 1 heterocycles. The largest absolute Gasteiger partial charge is 1.00 e. The van der Waals surface area contributed by atoms with Gasteiger partial charge < -0.3 is 24.0 Å². The molecule has 1 unspecified atom stereocenters. The molecular weight excluding hydrogens is 375 g/mol. The Bertz CT molecular complexity index is 1060. The third-order valence-electron chi connectivity index (χ3n) is 3.47. The molecule has 0 radical (unpaired) electrons. The van der Waals surface area contributed by atoms with Gasteiger partial charge in [-0.15, -0.1) is 0 Å². The molecule has 0 aliphatic rings. The van der Waals surface area contributed by atoms with Crippen LogP contribution in [-0.4, -0.2) is 17.0 Å². The SMILES string of the molecule is COc1ccc2[nH]c(-c3cccc(F)c3)cc(=O)c2c1OP(=O)([O-])O.[Na+]. The minimum Gasteiger partial charge on any atom is -0.746 e. The summed E-state index contributed by atoms with van der Waals surface area (Å²) in [4.78, 5) is 35.5. The summed E-state index contributed by atoms with van der Waals surface area (Å²) in [5, 5.41) is -0.121. The summed E-state index contributed by atoms with van der Waals surface area (Å²) < 4.78 is 34.0. The van der Waals surface area contributed by atoms with Gasteiger partial charge in [0.2, 0.25) is 0 Å². The van der Waals surface area contributed by atoms with E-state index in [1.165, 1.54) is 43.5 Å². The molecule has 1 atom stereocenters. The molecule has 0 aliphatic carbocycles. The van der Waals surface area contributed by atoms with Gasteiger partial charge >= 0.3 is 37.4 Å². The molecule has 0 saturated carbocycles. The summed E-state index contributed by atoms with van der Waals surface area (Å²) in [5.74, 6) is -0.931. The standard InChI is InChI=1S/C16H13FNO6P.Na/c1-23-14-6-5-11-15(16(14)24-25(20,21)22)13(19)8-12(18-11)9-3-2-4-10(17)7-9;/h2-8H,1H3,(H,18,19)(H2,20,21,22);/q;+1/p-1. The first-order chi connectivity index (χ1) is 11.8. The fourth-order valence-electron chi connectivity index (χ4n) is 2.48. The minimum atomic E-state index is -5.16. The van der Waals surface area contributed by atoms with E-state index in [9.17, 15) is 18.6 Å². The van der Waals surface area contributed by atoms with Gasteiger partial charge in [0.05, 0.1) is 18.0 Å². The van der Waals surface area contributed by atoms with Gasteiger partial charge in [0.25, 0.3) is 0 Å². The van der Waals surface area contributed by atoms with Crippen LogP contribution >= 0.6 is 7.82 Å². The van der Waals surface area contributed by atoms with E-state index in [0.717, 1.165) is 0 Å². The summed E-state index contributed by atoms with van der Waals surface area (Å²) >= 11 is 0. The van der Waals surface area contributed by atoms with Crippen LogP contribution in [0.1, 0.15) is 0 Å². The van der Waals surface area contributed by atoms with Crippen molar-refractivity contribution in [3.63, 3.8) is 0 Å². The molecule has 0 spiro atoms. The molecule has 0 saturated heterocycles. The first-order valence-corrected chi connectivity index (χ1v) is 8.51. The van der Waals surface area contributed by atoms with Crippen molar-refractivity contribution >= 4 is 18.7 Å². The molecule has 0 fully saturated rings. The van der Waals surface area contributed by atoms with E-state index in [2.05, 4.69) is 9.51 Å². The Balaban J connectivity index is 0.00000243. The van der Waals surface area contributed by atoms with Crippen molar-refractivity contribution in [2.75, 3.05) is 7.11 Å². The van der Waals surface area contributed by atoms with Crippen LogP contribution in [0.4, 0.5) is 4.39 Å². The third kappa shape index (κ3) is 4.35. The van der Waals surface area contributed by atoms with Crippen LogP contribution in [0.15, 0.2) is 47.3 Å². The van der Waals surface area contributed by atoms with Crippen molar-refractivity contribution in [2.45, 2.75) is 0 Å². The molecule has 7 nitrogen and oxygen atoms in total. The number of rotatable bonds is 4. The monoisotopic (exact) mass is 387 g/mol. The van der Waals surface area contributed by atoms with E-state index in [4.69, 9.17) is 9.63 Å². The number of phosphoric acid groups is 1. The van der Waals surface area contributed by atoms with Gasteiger partial charge in [-0.25, -0.2) is 4.39 Å². The molecule has 3 aromatic rings. The first-order valence-electron chi connectivity index (χ1n) is 7.02. The van der Waals surface area contributed by atoms with Crippen molar-refractivity contribution in [1.82, 2.24) is 4.98 Å². The number of fused-ring (bicyclic) bond motifs is 1. The first kappa shape index (κ1) is 20.6. The fraction of sp³-hybridized carbons (Fsp3) is 0.0625. The van der Waals surface area contributed by atoms with Gasteiger partial charge in [0.15, 0.2) is 16.9 Å². The van der Waals surface area contributed by atoms with Crippen LogP contribution in [0.2, 0.25) is 0 Å². The third-order valence-corrected chi connectivity index (χ3v) is 3.89. The van der Waals surface area contributed by atoms with Crippen LogP contribution in [0.25, 0.3) is 22.2 Å². The van der Waals surface area contributed by atoms with Gasteiger partial charge in [-0.2, -0.15) is 0 Å². The Morgan fingerprint density at radius 3 is 2.58 bits per heavy atom. The van der Waals surface area contributed by atoms with Crippen LogP contribution in [-0.2, 0) is 4.57 Å². The zero-order chi connectivity index (χ0) is 18.2. The van der Waals surface area contributed by atoms with Gasteiger partial charge in [-0.05, 0) is 24.3 Å². The fourth-order valence-corrected chi connectivity index (χ4v) is 2.89. The Hall–Kier alpha value is -1.67. The predicted molar refractivity (Wildman–Crippen MR) is 87.0 cm³/mol. The summed E-state index contributed by atoms with van der Waals surface area (Å²) in [7, 11) is -3.90. The molecule has 26 heavy (non-hydrogen) atoms. The number of nitrogens with one attached hydrogen (secondary N) is 1. The van der Waals surface area contributed by atoms with Gasteiger partial charge in [-0.3, -0.25) is 9.36 Å². The number of aromatic nitrogens is 1. The van der Waals surface area contributed by atoms with Crippen molar-refractivity contribution < 1.29 is 57.6 Å². The number of benzene rings is 2. The molecule has 130 valence electrons. The quantitative estimate of drug-likeness (QED) is 0.447. The smallest absolute Gasteiger partial charge is 0.746 e. The normalized spacial score (nSPS) is 12.9. The average Bonchev–Trinajstić information content (AvgIpc) is 2.53. The second kappa shape index (κ2) is 7.92. The topological polar surface area (TPSA) is 112 Å². The van der Waals surface area contributed by atoms with E-state index in [0.29, 0.717) is 11.3 Å². The van der Waals surface area contributed by atoms with E-state index in [1.807, 2.05) is 0 Å². The number of hydrogen-bond donors (Lipinski definition) is 2. The average molecular weight is 387 g/mol. The number of halogens is 1. The van der Waals surface area contributed by atoms with Crippen molar-refractivity contribution in [1.29, 1.82) is 0 Å². The molecule has 10 heteroatoms. The number of pyridine rings is 1. The molecule has 3 rings (SSSR count). The summed E-state index contributed by atoms with van der Waals surface area (Å²) in [6.07, 6.45) is 0. The Labute approximate surface area is 169 Å². The number of ether oxygens (including phenoxy) is 1. The number of aromatic amines is 1. The zero-order valence-corrected chi connectivity index (χ0v) is 16.7. The molecule has 0 bridgehead atoms. The molecule has 0 aliphatic heterocycles. The number of phosphoric ester groups is 1. The maximum atomic E-state index is 13.4. The zero-order valence-electron chi connectivity index (χ0n) is 13.9. The predicted octanol–water partition coefficient (Wildman–Crippen LogP) is -0.814. The van der Waals surface area contributed by atoms with Crippen LogP contribution in [0.5, 0.6) is 11.5 Å². The second-order valence-electron chi connectivity index (χ2n) is 5.14. The van der Waals surface area contributed by atoms with Gasteiger partial charge in [0.1, 0.15) is 5.82 Å². The Morgan fingerprint density at radius 2 is 1.96 bits per heavy atom. The van der Waals surface area contributed by atoms with Gasteiger partial charge in [-0.1, -0.05) is 12.1 Å². The maximum Gasteiger partial charge on any atom is 1.00 e. The van der Waals surface area contributed by atoms with Crippen molar-refractivity contribution in [3.8, 4) is 22.8 Å².